The molecule has 0 unspecified atom stereocenters. The Balaban J connectivity index is 2.39. The van der Waals surface area contributed by atoms with Crippen LogP contribution in [0.15, 0.2) is 35.5 Å². The van der Waals surface area contributed by atoms with Crippen LogP contribution in [0.25, 0.3) is 0 Å². The molecule has 1 N–H and O–H groups in total. The lowest BCUT2D eigenvalue weighted by Gasteiger charge is -2.37. The SMILES string of the molecule is CCCN1C(=S)N[C@@H](c2ccc(OCC#N)cc2)C(C(=O)OC)=C1C. The molecule has 1 atom stereocenters. The molecule has 1 aromatic rings. The van der Waals surface area contributed by atoms with E-state index in [4.69, 9.17) is 27.0 Å². The van der Waals surface area contributed by atoms with Gasteiger partial charge in [-0.1, -0.05) is 19.1 Å². The normalized spacial score (nSPS) is 17.0. The number of ether oxygens (including phenoxy) is 2. The van der Waals surface area contributed by atoms with Gasteiger partial charge in [-0.3, -0.25) is 0 Å². The Bertz CT molecular complexity index is 722. The number of nitrogens with one attached hydrogen (secondary N) is 1. The van der Waals surface area contributed by atoms with Crippen molar-refractivity contribution >= 4 is 23.3 Å². The van der Waals surface area contributed by atoms with Gasteiger partial charge in [0.2, 0.25) is 0 Å². The van der Waals surface area contributed by atoms with Crippen LogP contribution in [-0.4, -0.2) is 36.2 Å². The van der Waals surface area contributed by atoms with E-state index in [1.165, 1.54) is 7.11 Å². The molecule has 6 nitrogen and oxygen atoms in total. The second-order valence-electron chi connectivity index (χ2n) is 5.54. The molecule has 0 spiro atoms. The van der Waals surface area contributed by atoms with E-state index >= 15 is 0 Å². The summed E-state index contributed by atoms with van der Waals surface area (Å²) in [5.74, 6) is 0.208. The first-order chi connectivity index (χ1) is 12.0. The van der Waals surface area contributed by atoms with Crippen molar-refractivity contribution in [1.29, 1.82) is 5.26 Å². The summed E-state index contributed by atoms with van der Waals surface area (Å²) in [7, 11) is 1.37. The zero-order chi connectivity index (χ0) is 18.4. The Hall–Kier alpha value is -2.59. The summed E-state index contributed by atoms with van der Waals surface area (Å²) in [6.45, 7) is 4.65. The van der Waals surface area contributed by atoms with E-state index in [0.29, 0.717) is 16.4 Å². The fourth-order valence-electron chi connectivity index (χ4n) is 2.77. The molecule has 0 amide bonds. The molecule has 1 aromatic carbocycles. The molecule has 2 rings (SSSR count). The highest BCUT2D eigenvalue weighted by Crippen LogP contribution is 2.32. The van der Waals surface area contributed by atoms with Gasteiger partial charge in [0, 0.05) is 12.2 Å². The average molecular weight is 359 g/mol. The van der Waals surface area contributed by atoms with Crippen molar-refractivity contribution in [2.45, 2.75) is 26.3 Å². The molecule has 0 aliphatic carbocycles. The lowest BCUT2D eigenvalue weighted by atomic mass is 9.95. The predicted octanol–water partition coefficient (Wildman–Crippen LogP) is 2.68. The summed E-state index contributed by atoms with van der Waals surface area (Å²) in [5, 5.41) is 12.4. The highest BCUT2D eigenvalue weighted by Gasteiger charge is 2.34. The number of carbonyl (C=O) groups is 1. The highest BCUT2D eigenvalue weighted by molar-refractivity contribution is 7.80. The van der Waals surface area contributed by atoms with Crippen LogP contribution in [0.2, 0.25) is 0 Å². The lowest BCUT2D eigenvalue weighted by molar-refractivity contribution is -0.136. The quantitative estimate of drug-likeness (QED) is 0.618. The molecular weight excluding hydrogens is 338 g/mol. The van der Waals surface area contributed by atoms with Crippen molar-refractivity contribution in [3.63, 3.8) is 0 Å². The van der Waals surface area contributed by atoms with E-state index in [0.717, 1.165) is 24.2 Å². The maximum atomic E-state index is 12.4. The van der Waals surface area contributed by atoms with Crippen LogP contribution in [0.5, 0.6) is 5.75 Å². The number of hydrogen-bond donors (Lipinski definition) is 1. The molecule has 7 heteroatoms. The van der Waals surface area contributed by atoms with Gasteiger partial charge in [0.1, 0.15) is 11.8 Å². The molecule has 0 aromatic heterocycles. The standard InChI is InChI=1S/C18H21N3O3S/c1-4-10-21-12(2)15(17(22)23-3)16(20-18(21)25)13-5-7-14(8-6-13)24-11-9-19/h5-8,16H,4,10-11H2,1-3H3,(H,20,25)/t16-/m0/s1. The summed E-state index contributed by atoms with van der Waals surface area (Å²) >= 11 is 5.47. The number of nitriles is 1. The highest BCUT2D eigenvalue weighted by atomic mass is 32.1. The van der Waals surface area contributed by atoms with Gasteiger partial charge in [-0.15, -0.1) is 0 Å². The summed E-state index contributed by atoms with van der Waals surface area (Å²) in [5.41, 5.74) is 2.20. The fourth-order valence-corrected chi connectivity index (χ4v) is 3.12. The molecule has 0 fully saturated rings. The minimum atomic E-state index is -0.391. The maximum absolute atomic E-state index is 12.4. The molecule has 0 saturated heterocycles. The van der Waals surface area contributed by atoms with Crippen LogP contribution < -0.4 is 10.1 Å². The monoisotopic (exact) mass is 359 g/mol. The fraction of sp³-hybridized carbons (Fsp3) is 0.389. The third-order valence-corrected chi connectivity index (χ3v) is 4.30. The van der Waals surface area contributed by atoms with E-state index in [1.807, 2.05) is 30.0 Å². The minimum Gasteiger partial charge on any atom is -0.479 e. The van der Waals surface area contributed by atoms with Gasteiger partial charge < -0.3 is 19.7 Å². The van der Waals surface area contributed by atoms with Gasteiger partial charge in [-0.2, -0.15) is 5.26 Å². The van der Waals surface area contributed by atoms with Crippen LogP contribution in [-0.2, 0) is 9.53 Å². The van der Waals surface area contributed by atoms with Crippen molar-refractivity contribution in [2.75, 3.05) is 20.3 Å². The molecule has 0 saturated carbocycles. The number of esters is 1. The zero-order valence-electron chi connectivity index (χ0n) is 14.5. The van der Waals surface area contributed by atoms with Crippen LogP contribution >= 0.6 is 12.2 Å². The molecule has 0 bridgehead atoms. The number of carbonyl (C=O) groups excluding carboxylic acids is 1. The van der Waals surface area contributed by atoms with Crippen LogP contribution in [0, 0.1) is 11.3 Å². The largest absolute Gasteiger partial charge is 0.479 e. The number of thiocarbonyl (C=S) groups is 1. The number of allylic oxidation sites excluding steroid dienone is 1. The van der Waals surface area contributed by atoms with Crippen LogP contribution in [0.3, 0.4) is 0 Å². The number of nitrogens with zero attached hydrogens (tertiary/aromatic N) is 2. The van der Waals surface area contributed by atoms with Gasteiger partial charge in [0.25, 0.3) is 0 Å². The topological polar surface area (TPSA) is 74.6 Å². The van der Waals surface area contributed by atoms with Gasteiger partial charge in [0.15, 0.2) is 11.7 Å². The van der Waals surface area contributed by atoms with Crippen LogP contribution in [0.1, 0.15) is 31.9 Å². The number of rotatable bonds is 6. The third kappa shape index (κ3) is 4.09. The molecule has 132 valence electrons. The molecule has 1 aliphatic heterocycles. The molecule has 1 aliphatic rings. The first-order valence-corrected chi connectivity index (χ1v) is 8.41. The van der Waals surface area contributed by atoms with Crippen molar-refractivity contribution in [3.05, 3.63) is 41.1 Å². The van der Waals surface area contributed by atoms with Gasteiger partial charge >= 0.3 is 5.97 Å². The van der Waals surface area contributed by atoms with E-state index in [2.05, 4.69) is 12.2 Å². The van der Waals surface area contributed by atoms with Crippen molar-refractivity contribution in [1.82, 2.24) is 10.2 Å². The second kappa shape index (κ2) is 8.49. The first kappa shape index (κ1) is 18.7. The van der Waals surface area contributed by atoms with Crippen molar-refractivity contribution < 1.29 is 14.3 Å². The van der Waals surface area contributed by atoms with E-state index in [-0.39, 0.29) is 12.6 Å². The Kier molecular flexibility index (Phi) is 6.37. The zero-order valence-corrected chi connectivity index (χ0v) is 15.4. The summed E-state index contributed by atoms with van der Waals surface area (Å²) in [6.07, 6.45) is 0.906. The number of benzene rings is 1. The Morgan fingerprint density at radius 2 is 2.08 bits per heavy atom. The second-order valence-corrected chi connectivity index (χ2v) is 5.93. The first-order valence-electron chi connectivity index (χ1n) is 8.00. The Labute approximate surface area is 153 Å². The van der Waals surface area contributed by atoms with Gasteiger partial charge in [-0.25, -0.2) is 4.79 Å². The average Bonchev–Trinajstić information content (AvgIpc) is 2.63. The number of methoxy groups -OCH3 is 1. The van der Waals surface area contributed by atoms with E-state index in [1.54, 1.807) is 12.1 Å². The summed E-state index contributed by atoms with van der Waals surface area (Å²) in [6, 6.07) is 8.76. The lowest BCUT2D eigenvalue weighted by Crippen LogP contribution is -2.48. The maximum Gasteiger partial charge on any atom is 0.337 e. The molecule has 1 heterocycles. The summed E-state index contributed by atoms with van der Waals surface area (Å²) < 4.78 is 10.2. The third-order valence-electron chi connectivity index (χ3n) is 3.97. The van der Waals surface area contributed by atoms with Crippen molar-refractivity contribution in [2.24, 2.45) is 0 Å². The van der Waals surface area contributed by atoms with E-state index < -0.39 is 6.04 Å². The number of hydrogen-bond acceptors (Lipinski definition) is 5. The Morgan fingerprint density at radius 3 is 2.64 bits per heavy atom. The smallest absolute Gasteiger partial charge is 0.337 e. The van der Waals surface area contributed by atoms with Gasteiger partial charge in [0.05, 0.1) is 18.7 Å². The molecule has 0 radical (unpaired) electrons. The van der Waals surface area contributed by atoms with Crippen LogP contribution in [0.4, 0.5) is 0 Å². The van der Waals surface area contributed by atoms with Crippen molar-refractivity contribution in [3.8, 4) is 11.8 Å². The Morgan fingerprint density at radius 1 is 1.40 bits per heavy atom. The summed E-state index contributed by atoms with van der Waals surface area (Å²) in [4.78, 5) is 14.3. The van der Waals surface area contributed by atoms with E-state index in [9.17, 15) is 4.79 Å². The predicted molar refractivity (Wildman–Crippen MR) is 97.7 cm³/mol. The minimum absolute atomic E-state index is 0.0104. The molecular formula is C18H21N3O3S. The molecule has 25 heavy (non-hydrogen) atoms. The van der Waals surface area contributed by atoms with Gasteiger partial charge in [-0.05, 0) is 43.3 Å².